The van der Waals surface area contributed by atoms with Gasteiger partial charge in [0.05, 0.1) is 28.9 Å². The van der Waals surface area contributed by atoms with E-state index in [0.29, 0.717) is 22.3 Å². The van der Waals surface area contributed by atoms with E-state index < -0.39 is 85.4 Å². The number of para-hydroxylation sites is 2. The highest BCUT2D eigenvalue weighted by molar-refractivity contribution is 6.21. The van der Waals surface area contributed by atoms with Crippen molar-refractivity contribution in [2.75, 3.05) is 0 Å². The molecule has 1 aromatic heterocycles. The van der Waals surface area contributed by atoms with Crippen molar-refractivity contribution in [1.82, 2.24) is 9.55 Å². The summed E-state index contributed by atoms with van der Waals surface area (Å²) in [6, 6.07) is 12.7. The summed E-state index contributed by atoms with van der Waals surface area (Å²) in [5.74, 6) is -0.178. The Morgan fingerprint density at radius 1 is 0.524 bits per heavy atom. The molecule has 0 N–H and O–H groups in total. The van der Waals surface area contributed by atoms with Gasteiger partial charge in [0.1, 0.15) is 5.82 Å². The second-order valence-electron chi connectivity index (χ2n) is 9.63. The van der Waals surface area contributed by atoms with Crippen molar-refractivity contribution in [2.24, 2.45) is 0 Å². The minimum absolute atomic E-state index is 0.0303. The van der Waals surface area contributed by atoms with Gasteiger partial charge in [0.15, 0.2) is 0 Å². The van der Waals surface area contributed by atoms with E-state index in [2.05, 4.69) is 4.98 Å². The lowest BCUT2D eigenvalue weighted by Gasteiger charge is -2.18. The zero-order valence-electron chi connectivity index (χ0n) is 37.8. The average Bonchev–Trinajstić information content (AvgIpc) is 3.62. The monoisotopic (exact) mass is 552 g/mol. The molecule has 1 heterocycles. The summed E-state index contributed by atoms with van der Waals surface area (Å²) >= 11 is 0. The molecule has 2 nitrogen and oxygen atoms in total. The Balaban J connectivity index is 1.46. The third-order valence-electron chi connectivity index (χ3n) is 7.31. The Morgan fingerprint density at radius 2 is 1.02 bits per heavy atom. The summed E-state index contributed by atoms with van der Waals surface area (Å²) < 4.78 is 139. The number of aryl methyl sites for hydroxylation is 1. The maximum absolute atomic E-state index is 9.21. The summed E-state index contributed by atoms with van der Waals surface area (Å²) in [6.07, 6.45) is 0. The number of benzene rings is 7. The molecule has 0 spiro atoms. The predicted octanol–water partition coefficient (Wildman–Crippen LogP) is 10.6. The summed E-state index contributed by atoms with van der Waals surface area (Å²) in [4.78, 5) is 4.37. The topological polar surface area (TPSA) is 17.8 Å². The molecule has 8 rings (SSSR count). The number of fused-ring (bicyclic) bond motifs is 3. The average molecular weight is 553 g/mol. The predicted molar refractivity (Wildman–Crippen MR) is 177 cm³/mol. The molecule has 0 amide bonds. The smallest absolute Gasteiger partial charge is 0.111 e. The summed E-state index contributed by atoms with van der Waals surface area (Å²) in [5.41, 5.74) is 2.35. The normalized spacial score (nSPS) is 17.1. The number of aromatic nitrogens is 2. The third kappa shape index (κ3) is 3.92. The van der Waals surface area contributed by atoms with Crippen molar-refractivity contribution < 1.29 is 21.9 Å². The largest absolute Gasteiger partial charge is 0.297 e. The third-order valence-corrected chi connectivity index (χ3v) is 7.31. The van der Waals surface area contributed by atoms with Crippen molar-refractivity contribution in [3.63, 3.8) is 0 Å². The highest BCUT2D eigenvalue weighted by Gasteiger charge is 2.17. The van der Waals surface area contributed by atoms with Gasteiger partial charge in [-0.15, -0.1) is 0 Å². The standard InChI is InChI=1S/C40H28N2/c1-27-41-37-17-9-10-18-38(37)42(27)32-25-23-31(24-26-32)40-35-15-7-5-13-33(35)39(34-14-6-8-16-36(34)40)30-21-19-29(20-22-30)28-11-3-2-4-12-28/h2-26H,1H3/i1D3,2D,3D,4D,5D,6D,7D,8D,11D,12D,13D,14D,15D,16D. The molecule has 0 aliphatic rings. The summed E-state index contributed by atoms with van der Waals surface area (Å²) in [7, 11) is 0. The molecule has 0 aliphatic carbocycles. The summed E-state index contributed by atoms with van der Waals surface area (Å²) in [5, 5.41) is -0.138. The minimum Gasteiger partial charge on any atom is -0.297 e. The van der Waals surface area contributed by atoms with E-state index >= 15 is 0 Å². The molecule has 0 bridgehead atoms. The fourth-order valence-electron chi connectivity index (χ4n) is 5.46. The molecule has 42 heavy (non-hydrogen) atoms. The van der Waals surface area contributed by atoms with Crippen LogP contribution in [0.25, 0.3) is 71.6 Å². The number of nitrogens with zero attached hydrogens (tertiary/aromatic N) is 2. The maximum atomic E-state index is 9.21. The first-order valence-corrected chi connectivity index (χ1v) is 13.1. The Bertz CT molecular complexity index is 2950. The molecule has 0 saturated heterocycles. The van der Waals surface area contributed by atoms with E-state index in [9.17, 15) is 5.48 Å². The first-order chi connectivity index (χ1) is 27.4. The zero-order chi connectivity index (χ0) is 41.9. The van der Waals surface area contributed by atoms with Gasteiger partial charge in [0.2, 0.25) is 0 Å². The van der Waals surface area contributed by atoms with Gasteiger partial charge in [0, 0.05) is 9.80 Å². The molecular weight excluding hydrogens is 508 g/mol. The van der Waals surface area contributed by atoms with Crippen LogP contribution >= 0.6 is 0 Å². The number of imidazole rings is 1. The molecule has 0 aliphatic heterocycles. The van der Waals surface area contributed by atoms with E-state index in [4.69, 9.17) is 16.4 Å². The molecule has 198 valence electrons. The van der Waals surface area contributed by atoms with Crippen molar-refractivity contribution in [3.05, 3.63) is 157 Å². The van der Waals surface area contributed by atoms with E-state index in [1.54, 1.807) is 48.5 Å². The van der Waals surface area contributed by atoms with Crippen LogP contribution in [0, 0.1) is 6.85 Å². The SMILES string of the molecule is [2H]c1c([2H])c([2H])c(-c2ccc(-c3c4c([2H])c([2H])c([2H])c([2H])c4c(-c4ccc(-n5c(C([2H])([2H])[2H])nc6ccccc65)cc4)c4c([2H])c([2H])c([2H])c([2H])c34)cc2)c([2H])c1[2H]. The van der Waals surface area contributed by atoms with Crippen molar-refractivity contribution in [1.29, 1.82) is 0 Å². The highest BCUT2D eigenvalue weighted by atomic mass is 15.1. The Morgan fingerprint density at radius 3 is 1.60 bits per heavy atom. The zero-order valence-corrected chi connectivity index (χ0v) is 21.8. The fourth-order valence-corrected chi connectivity index (χ4v) is 5.46. The molecule has 0 atom stereocenters. The van der Waals surface area contributed by atoms with E-state index in [1.807, 2.05) is 0 Å². The maximum Gasteiger partial charge on any atom is 0.111 e. The summed E-state index contributed by atoms with van der Waals surface area (Å²) in [6.45, 7) is -2.58. The van der Waals surface area contributed by atoms with Gasteiger partial charge in [-0.2, -0.15) is 0 Å². The van der Waals surface area contributed by atoms with Gasteiger partial charge < -0.3 is 0 Å². The van der Waals surface area contributed by atoms with Crippen LogP contribution in [0.3, 0.4) is 0 Å². The lowest BCUT2D eigenvalue weighted by Crippen LogP contribution is -1.97. The molecule has 8 aromatic rings. The van der Waals surface area contributed by atoms with Crippen LogP contribution in [-0.2, 0) is 0 Å². The number of hydrogen-bond acceptors (Lipinski definition) is 1. The van der Waals surface area contributed by atoms with Crippen LogP contribution in [0.5, 0.6) is 0 Å². The lowest BCUT2D eigenvalue weighted by atomic mass is 9.85. The highest BCUT2D eigenvalue weighted by Crippen LogP contribution is 2.44. The van der Waals surface area contributed by atoms with Crippen LogP contribution < -0.4 is 0 Å². The van der Waals surface area contributed by atoms with Crippen molar-refractivity contribution >= 4 is 32.6 Å². The Labute approximate surface area is 267 Å². The first-order valence-electron chi connectivity index (χ1n) is 21.1. The molecule has 0 fully saturated rings. The van der Waals surface area contributed by atoms with Crippen molar-refractivity contribution in [2.45, 2.75) is 6.85 Å². The van der Waals surface area contributed by atoms with Gasteiger partial charge in [-0.1, -0.05) is 127 Å². The van der Waals surface area contributed by atoms with E-state index in [1.165, 1.54) is 28.8 Å². The number of rotatable bonds is 4. The van der Waals surface area contributed by atoms with Gasteiger partial charge in [-0.25, -0.2) is 4.98 Å². The van der Waals surface area contributed by atoms with Crippen LogP contribution in [0.15, 0.2) is 151 Å². The van der Waals surface area contributed by atoms with Gasteiger partial charge in [-0.05, 0) is 86.0 Å². The van der Waals surface area contributed by atoms with Gasteiger partial charge in [-0.3, -0.25) is 4.57 Å². The van der Waals surface area contributed by atoms with Crippen LogP contribution in [0.2, 0.25) is 0 Å². The van der Waals surface area contributed by atoms with Crippen LogP contribution in [-0.4, -0.2) is 9.55 Å². The number of hydrogen-bond donors (Lipinski definition) is 0. The second-order valence-corrected chi connectivity index (χ2v) is 9.63. The van der Waals surface area contributed by atoms with Crippen LogP contribution in [0.4, 0.5) is 0 Å². The van der Waals surface area contributed by atoms with Crippen molar-refractivity contribution in [3.8, 4) is 39.1 Å². The lowest BCUT2D eigenvalue weighted by molar-refractivity contribution is 1.00. The van der Waals surface area contributed by atoms with E-state index in [-0.39, 0.29) is 55.2 Å². The van der Waals surface area contributed by atoms with E-state index in [0.717, 1.165) is 0 Å². The molecule has 0 radical (unpaired) electrons. The van der Waals surface area contributed by atoms with Gasteiger partial charge in [0.25, 0.3) is 0 Å². The molecule has 7 aromatic carbocycles. The quantitative estimate of drug-likeness (QED) is 0.199. The first kappa shape index (κ1) is 13.0. The fraction of sp³-hybridized carbons (Fsp3) is 0.0250. The molecule has 0 unspecified atom stereocenters. The Kier molecular flexibility index (Phi) is 3.06. The molecule has 0 saturated carbocycles. The second kappa shape index (κ2) is 9.87. The minimum atomic E-state index is -2.58. The Hall–Kier alpha value is -5.47. The molecular formula is C40H28N2. The van der Waals surface area contributed by atoms with Gasteiger partial charge >= 0.3 is 0 Å². The van der Waals surface area contributed by atoms with Crippen LogP contribution in [0.1, 0.15) is 27.8 Å². The molecule has 2 heteroatoms.